The van der Waals surface area contributed by atoms with Crippen molar-refractivity contribution in [2.45, 2.75) is 70.7 Å². The average Bonchev–Trinajstić information content (AvgIpc) is 3.55. The number of fused-ring (bicyclic) bond motifs is 1. The number of aliphatic hydroxyl groups is 1. The Labute approximate surface area is 225 Å². The molecule has 38 heavy (non-hydrogen) atoms. The molecule has 8 nitrogen and oxygen atoms in total. The van der Waals surface area contributed by atoms with Crippen LogP contribution in [0.25, 0.3) is 0 Å². The van der Waals surface area contributed by atoms with Crippen molar-refractivity contribution in [2.75, 3.05) is 24.7 Å². The maximum atomic E-state index is 14.7. The number of anilines is 1. The number of esters is 1. The highest BCUT2D eigenvalue weighted by atomic mass is 16.6. The number of carbonyl (C=O) groups is 3. The van der Waals surface area contributed by atoms with Crippen molar-refractivity contribution in [2.24, 2.45) is 17.8 Å². The van der Waals surface area contributed by atoms with Crippen LogP contribution >= 0.6 is 0 Å². The van der Waals surface area contributed by atoms with Gasteiger partial charge in [0.2, 0.25) is 5.91 Å². The van der Waals surface area contributed by atoms with Gasteiger partial charge in [0.15, 0.2) is 0 Å². The van der Waals surface area contributed by atoms with Gasteiger partial charge in [-0.2, -0.15) is 0 Å². The number of carbonyl (C=O) groups excluding carboxylic acids is 3. The lowest BCUT2D eigenvalue weighted by Crippen LogP contribution is -2.60. The lowest BCUT2D eigenvalue weighted by molar-refractivity contribution is -0.155. The molecule has 8 heteroatoms. The number of ether oxygens (including phenoxy) is 2. The Morgan fingerprint density at radius 3 is 2.68 bits per heavy atom. The van der Waals surface area contributed by atoms with Crippen molar-refractivity contribution in [3.05, 3.63) is 54.6 Å². The molecular weight excluding hydrogens is 484 g/mol. The minimum absolute atomic E-state index is 0.0356. The Morgan fingerprint density at radius 1 is 1.32 bits per heavy atom. The highest BCUT2D eigenvalue weighted by Crippen LogP contribution is 2.59. The van der Waals surface area contributed by atoms with Crippen LogP contribution in [0.4, 0.5) is 5.69 Å². The number of rotatable bonds is 11. The van der Waals surface area contributed by atoms with Crippen molar-refractivity contribution >= 4 is 23.5 Å². The summed E-state index contributed by atoms with van der Waals surface area (Å²) in [4.78, 5) is 45.3. The first-order valence-electron chi connectivity index (χ1n) is 13.5. The van der Waals surface area contributed by atoms with Gasteiger partial charge < -0.3 is 24.4 Å². The molecule has 1 spiro atoms. The van der Waals surface area contributed by atoms with Gasteiger partial charge in [0.25, 0.3) is 5.91 Å². The van der Waals surface area contributed by atoms with Crippen molar-refractivity contribution in [1.82, 2.24) is 4.90 Å². The lowest BCUT2D eigenvalue weighted by Gasteiger charge is -2.41. The van der Waals surface area contributed by atoms with Gasteiger partial charge >= 0.3 is 5.97 Å². The Balaban J connectivity index is 1.85. The monoisotopic (exact) mass is 524 g/mol. The molecule has 206 valence electrons. The fourth-order valence-electron chi connectivity index (χ4n) is 6.64. The molecular formula is C30H40N2O6. The Bertz CT molecular complexity index is 1120. The quantitative estimate of drug-likeness (QED) is 0.352. The van der Waals surface area contributed by atoms with E-state index in [1.54, 1.807) is 11.0 Å². The Kier molecular flexibility index (Phi) is 8.14. The van der Waals surface area contributed by atoms with E-state index in [0.29, 0.717) is 19.3 Å². The van der Waals surface area contributed by atoms with E-state index in [1.807, 2.05) is 45.9 Å². The Morgan fingerprint density at radius 2 is 2.05 bits per heavy atom. The molecule has 7 atom stereocenters. The largest absolute Gasteiger partial charge is 0.461 e. The van der Waals surface area contributed by atoms with Crippen LogP contribution < -0.4 is 4.90 Å². The number of benzene rings is 1. The zero-order valence-electron chi connectivity index (χ0n) is 22.9. The molecule has 0 aromatic heterocycles. The summed E-state index contributed by atoms with van der Waals surface area (Å²) in [5.74, 6) is -2.87. The van der Waals surface area contributed by atoms with E-state index in [4.69, 9.17) is 9.47 Å². The normalized spacial score (nSPS) is 29.1. The summed E-state index contributed by atoms with van der Waals surface area (Å²) in [5, 5.41) is 10.5. The third-order valence-corrected chi connectivity index (χ3v) is 8.67. The zero-order chi connectivity index (χ0) is 27.8. The molecule has 0 aliphatic carbocycles. The highest BCUT2D eigenvalue weighted by Gasteiger charge is 2.75. The van der Waals surface area contributed by atoms with E-state index in [2.05, 4.69) is 13.2 Å². The first-order valence-corrected chi connectivity index (χ1v) is 13.5. The summed E-state index contributed by atoms with van der Waals surface area (Å²) >= 11 is 0. The molecule has 0 radical (unpaired) electrons. The SMILES string of the molecule is C=CCOC(=O)[C@@H]1[C@H]2C(=O)N([C@@H](CO)[C@@H](C)CC)C(C(=O)N(CC=C)c3cc(C)ccc3C)C23CC[C@H]1O3. The standard InChI is InChI=1S/C30H40N2O6/c1-7-14-31(21-16-18(4)10-11-20(21)6)28(35)26-30-13-12-23(38-30)24(29(36)37-15-8-2)25(30)27(34)32(26)22(17-33)19(5)9-3/h7-8,10-11,16,19,22-26,33H,1-2,9,12-15,17H2,3-6H3/t19-,22-,23+,24-,25-,26?,30?/m0/s1. The van der Waals surface area contributed by atoms with Crippen LogP contribution in [0.3, 0.4) is 0 Å². The van der Waals surface area contributed by atoms with Crippen LogP contribution in [0.15, 0.2) is 43.5 Å². The summed E-state index contributed by atoms with van der Waals surface area (Å²) in [6.45, 7) is 15.3. The maximum absolute atomic E-state index is 14.7. The molecule has 2 unspecified atom stereocenters. The fraction of sp³-hybridized carbons (Fsp3) is 0.567. The van der Waals surface area contributed by atoms with Crippen molar-refractivity contribution in [3.8, 4) is 0 Å². The van der Waals surface area contributed by atoms with E-state index in [1.165, 1.54) is 11.0 Å². The zero-order valence-corrected chi connectivity index (χ0v) is 22.9. The molecule has 2 bridgehead atoms. The topological polar surface area (TPSA) is 96.4 Å². The fourth-order valence-corrected chi connectivity index (χ4v) is 6.64. The number of nitrogens with zero attached hydrogens (tertiary/aromatic N) is 2. The highest BCUT2D eigenvalue weighted by molar-refractivity contribution is 6.05. The number of aryl methyl sites for hydroxylation is 2. The molecule has 0 saturated carbocycles. The van der Waals surface area contributed by atoms with Crippen LogP contribution in [-0.2, 0) is 23.9 Å². The van der Waals surface area contributed by atoms with Crippen LogP contribution in [0, 0.1) is 31.6 Å². The first kappa shape index (κ1) is 28.0. The molecule has 1 aromatic rings. The number of amides is 2. The van der Waals surface area contributed by atoms with E-state index in [9.17, 15) is 19.5 Å². The molecule has 3 aliphatic rings. The van der Waals surface area contributed by atoms with Crippen molar-refractivity contribution < 1.29 is 29.0 Å². The third kappa shape index (κ3) is 4.37. The average molecular weight is 525 g/mol. The van der Waals surface area contributed by atoms with E-state index >= 15 is 0 Å². The summed E-state index contributed by atoms with van der Waals surface area (Å²) in [5.41, 5.74) is 1.48. The second-order valence-electron chi connectivity index (χ2n) is 10.9. The first-order chi connectivity index (χ1) is 18.2. The smallest absolute Gasteiger partial charge is 0.312 e. The Hall–Kier alpha value is -2.97. The van der Waals surface area contributed by atoms with Crippen LogP contribution in [0.1, 0.15) is 44.2 Å². The van der Waals surface area contributed by atoms with E-state index in [-0.39, 0.29) is 37.5 Å². The molecule has 3 fully saturated rings. The predicted molar refractivity (Wildman–Crippen MR) is 144 cm³/mol. The molecule has 1 N–H and O–H groups in total. The lowest BCUT2D eigenvalue weighted by atomic mass is 9.70. The van der Waals surface area contributed by atoms with Gasteiger partial charge in [0.1, 0.15) is 18.2 Å². The number of aliphatic hydroxyl groups excluding tert-OH is 1. The summed E-state index contributed by atoms with van der Waals surface area (Å²) < 4.78 is 11.9. The molecule has 1 aromatic carbocycles. The van der Waals surface area contributed by atoms with Gasteiger partial charge in [-0.3, -0.25) is 14.4 Å². The number of hydrogen-bond acceptors (Lipinski definition) is 6. The molecule has 4 rings (SSSR count). The minimum Gasteiger partial charge on any atom is -0.461 e. The van der Waals surface area contributed by atoms with Gasteiger partial charge in [-0.05, 0) is 49.8 Å². The van der Waals surface area contributed by atoms with Crippen LogP contribution in [0.5, 0.6) is 0 Å². The minimum atomic E-state index is -1.17. The van der Waals surface area contributed by atoms with E-state index in [0.717, 1.165) is 16.8 Å². The van der Waals surface area contributed by atoms with Crippen molar-refractivity contribution in [3.63, 3.8) is 0 Å². The van der Waals surface area contributed by atoms with Gasteiger partial charge in [-0.1, -0.05) is 51.1 Å². The summed E-state index contributed by atoms with van der Waals surface area (Å²) in [7, 11) is 0. The van der Waals surface area contributed by atoms with Gasteiger partial charge in [0.05, 0.1) is 30.6 Å². The van der Waals surface area contributed by atoms with Gasteiger partial charge in [-0.15, -0.1) is 6.58 Å². The van der Waals surface area contributed by atoms with Gasteiger partial charge in [0, 0.05) is 12.2 Å². The van der Waals surface area contributed by atoms with Crippen LogP contribution in [-0.4, -0.2) is 71.3 Å². The molecule has 3 saturated heterocycles. The summed E-state index contributed by atoms with van der Waals surface area (Å²) in [6.07, 6.45) is 4.38. The van der Waals surface area contributed by atoms with E-state index < -0.39 is 41.6 Å². The van der Waals surface area contributed by atoms with Crippen LogP contribution in [0.2, 0.25) is 0 Å². The van der Waals surface area contributed by atoms with Gasteiger partial charge in [-0.25, -0.2) is 0 Å². The summed E-state index contributed by atoms with van der Waals surface area (Å²) in [6, 6.07) is 4.31. The second kappa shape index (κ2) is 11.0. The predicted octanol–water partition coefficient (Wildman–Crippen LogP) is 3.33. The molecule has 3 aliphatic heterocycles. The third-order valence-electron chi connectivity index (χ3n) is 8.67. The number of hydrogen-bond donors (Lipinski definition) is 1. The van der Waals surface area contributed by atoms with Crippen molar-refractivity contribution in [1.29, 1.82) is 0 Å². The second-order valence-corrected chi connectivity index (χ2v) is 10.9. The maximum Gasteiger partial charge on any atom is 0.312 e. The molecule has 3 heterocycles. The number of likely N-dealkylation sites (tertiary alicyclic amines) is 1. The molecule has 2 amide bonds.